The number of benzene rings is 2. The summed E-state index contributed by atoms with van der Waals surface area (Å²) < 4.78 is 39.3. The average Bonchev–Trinajstić information content (AvgIpc) is 2.63. The molecule has 0 aromatic heterocycles. The van der Waals surface area contributed by atoms with Crippen LogP contribution in [0.5, 0.6) is 0 Å². The number of halogens is 1. The van der Waals surface area contributed by atoms with Crippen LogP contribution in [0.2, 0.25) is 0 Å². The van der Waals surface area contributed by atoms with E-state index in [1.54, 1.807) is 37.3 Å². The lowest BCUT2D eigenvalue weighted by molar-refractivity contribution is -0.0416. The van der Waals surface area contributed by atoms with Crippen LogP contribution < -0.4 is 5.32 Å². The van der Waals surface area contributed by atoms with Crippen molar-refractivity contribution in [1.29, 1.82) is 0 Å². The normalized spacial score (nSPS) is 26.0. The molecule has 1 saturated heterocycles. The summed E-state index contributed by atoms with van der Waals surface area (Å²) in [5, 5.41) is 13.8. The first-order chi connectivity index (χ1) is 13.1. The molecule has 1 amide bonds. The SMILES string of the molecule is CC1(O)CCN(S(C)(=O)=O)C(c2ccccc2)C1NC(=O)c1ccc(F)cc1. The monoisotopic (exact) mass is 406 g/mol. The van der Waals surface area contributed by atoms with Crippen LogP contribution in [0.4, 0.5) is 4.39 Å². The van der Waals surface area contributed by atoms with Crippen molar-refractivity contribution < 1.29 is 22.7 Å². The Kier molecular flexibility index (Phi) is 5.56. The summed E-state index contributed by atoms with van der Waals surface area (Å²) >= 11 is 0. The largest absolute Gasteiger partial charge is 0.388 e. The number of piperidine rings is 1. The summed E-state index contributed by atoms with van der Waals surface area (Å²) in [5.41, 5.74) is -0.449. The van der Waals surface area contributed by atoms with Crippen molar-refractivity contribution in [2.45, 2.75) is 31.0 Å². The Morgan fingerprint density at radius 3 is 2.36 bits per heavy atom. The quantitative estimate of drug-likeness (QED) is 0.814. The van der Waals surface area contributed by atoms with Gasteiger partial charge in [0, 0.05) is 12.1 Å². The van der Waals surface area contributed by atoms with Crippen LogP contribution in [0.25, 0.3) is 0 Å². The molecule has 1 aliphatic rings. The molecule has 150 valence electrons. The molecule has 1 heterocycles. The lowest BCUT2D eigenvalue weighted by Gasteiger charge is -2.48. The number of carbonyl (C=O) groups is 1. The predicted octanol–water partition coefficient (Wildman–Crippen LogP) is 2.08. The Labute approximate surface area is 164 Å². The van der Waals surface area contributed by atoms with Crippen molar-refractivity contribution in [2.24, 2.45) is 0 Å². The number of amides is 1. The third kappa shape index (κ3) is 4.24. The van der Waals surface area contributed by atoms with Gasteiger partial charge < -0.3 is 10.4 Å². The maximum absolute atomic E-state index is 13.2. The van der Waals surface area contributed by atoms with Gasteiger partial charge in [0.05, 0.1) is 23.9 Å². The molecule has 0 radical (unpaired) electrons. The fourth-order valence-corrected chi connectivity index (χ4v) is 4.66. The molecule has 28 heavy (non-hydrogen) atoms. The van der Waals surface area contributed by atoms with Gasteiger partial charge in [0.1, 0.15) is 5.82 Å². The van der Waals surface area contributed by atoms with Crippen LogP contribution in [0.15, 0.2) is 54.6 Å². The molecule has 2 N–H and O–H groups in total. The first-order valence-electron chi connectivity index (χ1n) is 8.90. The molecule has 1 fully saturated rings. The third-order valence-corrected chi connectivity index (χ3v) is 6.36. The van der Waals surface area contributed by atoms with Gasteiger partial charge >= 0.3 is 0 Å². The first-order valence-corrected chi connectivity index (χ1v) is 10.7. The summed E-state index contributed by atoms with van der Waals surface area (Å²) in [6, 6.07) is 12.2. The predicted molar refractivity (Wildman–Crippen MR) is 104 cm³/mol. The second kappa shape index (κ2) is 7.62. The smallest absolute Gasteiger partial charge is 0.251 e. The first kappa shape index (κ1) is 20.4. The fraction of sp³-hybridized carbons (Fsp3) is 0.350. The Balaban J connectivity index is 2.02. The van der Waals surface area contributed by atoms with Gasteiger partial charge in [0.15, 0.2) is 0 Å². The van der Waals surface area contributed by atoms with E-state index in [-0.39, 0.29) is 18.5 Å². The number of nitrogens with one attached hydrogen (secondary N) is 1. The van der Waals surface area contributed by atoms with E-state index in [9.17, 15) is 22.7 Å². The molecule has 3 unspecified atom stereocenters. The van der Waals surface area contributed by atoms with Crippen LogP contribution in [-0.2, 0) is 10.0 Å². The van der Waals surface area contributed by atoms with Crippen molar-refractivity contribution >= 4 is 15.9 Å². The summed E-state index contributed by atoms with van der Waals surface area (Å²) in [5.74, 6) is -0.979. The zero-order chi connectivity index (χ0) is 20.5. The van der Waals surface area contributed by atoms with Crippen LogP contribution in [0, 0.1) is 5.82 Å². The zero-order valence-corrected chi connectivity index (χ0v) is 16.5. The number of aliphatic hydroxyl groups is 1. The van der Waals surface area contributed by atoms with E-state index in [0.29, 0.717) is 5.56 Å². The molecule has 0 spiro atoms. The van der Waals surface area contributed by atoms with Gasteiger partial charge in [-0.05, 0) is 43.2 Å². The number of rotatable bonds is 4. The number of hydrogen-bond donors (Lipinski definition) is 2. The molecule has 2 aromatic rings. The number of carbonyl (C=O) groups excluding carboxylic acids is 1. The van der Waals surface area contributed by atoms with Crippen molar-refractivity contribution in [1.82, 2.24) is 9.62 Å². The highest BCUT2D eigenvalue weighted by Gasteiger charge is 2.48. The Morgan fingerprint density at radius 2 is 1.79 bits per heavy atom. The minimum atomic E-state index is -3.59. The van der Waals surface area contributed by atoms with E-state index in [1.165, 1.54) is 28.6 Å². The minimum Gasteiger partial charge on any atom is -0.388 e. The molecule has 0 aliphatic carbocycles. The highest BCUT2D eigenvalue weighted by molar-refractivity contribution is 7.88. The Bertz CT molecular complexity index is 946. The van der Waals surface area contributed by atoms with Gasteiger partial charge in [0.2, 0.25) is 10.0 Å². The van der Waals surface area contributed by atoms with E-state index < -0.39 is 39.4 Å². The van der Waals surface area contributed by atoms with Gasteiger partial charge in [-0.3, -0.25) is 4.79 Å². The average molecular weight is 406 g/mol. The Morgan fingerprint density at radius 1 is 1.18 bits per heavy atom. The standard InChI is InChI=1S/C20H23FN2O4S/c1-20(25)12-13-23(28(2,26)27)17(14-6-4-3-5-7-14)18(20)22-19(24)15-8-10-16(21)11-9-15/h3-11,17-18,25H,12-13H2,1-2H3,(H,22,24). The van der Waals surface area contributed by atoms with Crippen LogP contribution in [0.1, 0.15) is 35.3 Å². The van der Waals surface area contributed by atoms with Crippen LogP contribution in [-0.4, -0.2) is 48.2 Å². The molecule has 1 aliphatic heterocycles. The topological polar surface area (TPSA) is 86.7 Å². The lowest BCUT2D eigenvalue weighted by Crippen LogP contribution is -2.63. The summed E-state index contributed by atoms with van der Waals surface area (Å²) in [7, 11) is -3.59. The molecule has 3 rings (SSSR count). The number of sulfonamides is 1. The van der Waals surface area contributed by atoms with E-state index in [0.717, 1.165) is 6.26 Å². The zero-order valence-electron chi connectivity index (χ0n) is 15.7. The summed E-state index contributed by atoms with van der Waals surface area (Å²) in [6.45, 7) is 1.71. The third-order valence-electron chi connectivity index (χ3n) is 5.09. The van der Waals surface area contributed by atoms with E-state index in [2.05, 4.69) is 5.32 Å². The van der Waals surface area contributed by atoms with Gasteiger partial charge in [-0.1, -0.05) is 30.3 Å². The fourth-order valence-electron chi connectivity index (χ4n) is 3.58. The molecular weight excluding hydrogens is 383 g/mol. The summed E-state index contributed by atoms with van der Waals surface area (Å²) in [6.07, 6.45) is 1.28. The second-order valence-electron chi connectivity index (χ2n) is 7.29. The second-order valence-corrected chi connectivity index (χ2v) is 9.23. The van der Waals surface area contributed by atoms with E-state index in [4.69, 9.17) is 0 Å². The maximum Gasteiger partial charge on any atom is 0.251 e. The maximum atomic E-state index is 13.2. The molecule has 8 heteroatoms. The van der Waals surface area contributed by atoms with Gasteiger partial charge in [-0.2, -0.15) is 4.31 Å². The molecule has 0 saturated carbocycles. The molecular formula is C20H23FN2O4S. The van der Waals surface area contributed by atoms with Crippen LogP contribution in [0.3, 0.4) is 0 Å². The van der Waals surface area contributed by atoms with Crippen molar-refractivity contribution in [3.8, 4) is 0 Å². The summed E-state index contributed by atoms with van der Waals surface area (Å²) in [4.78, 5) is 12.7. The molecule has 2 aromatic carbocycles. The molecule has 3 atom stereocenters. The van der Waals surface area contributed by atoms with Gasteiger partial charge in [0.25, 0.3) is 5.91 Å². The highest BCUT2D eigenvalue weighted by Crippen LogP contribution is 2.38. The van der Waals surface area contributed by atoms with Crippen LogP contribution >= 0.6 is 0 Å². The van der Waals surface area contributed by atoms with Crippen molar-refractivity contribution in [3.63, 3.8) is 0 Å². The minimum absolute atomic E-state index is 0.133. The number of nitrogens with zero attached hydrogens (tertiary/aromatic N) is 1. The molecule has 0 bridgehead atoms. The van der Waals surface area contributed by atoms with E-state index in [1.807, 2.05) is 0 Å². The Hall–Kier alpha value is -2.29. The number of hydrogen-bond acceptors (Lipinski definition) is 4. The highest BCUT2D eigenvalue weighted by atomic mass is 32.2. The lowest BCUT2D eigenvalue weighted by atomic mass is 9.81. The van der Waals surface area contributed by atoms with Crippen molar-refractivity contribution in [2.75, 3.05) is 12.8 Å². The van der Waals surface area contributed by atoms with E-state index >= 15 is 0 Å². The van der Waals surface area contributed by atoms with Gasteiger partial charge in [-0.25, -0.2) is 12.8 Å². The van der Waals surface area contributed by atoms with Crippen molar-refractivity contribution in [3.05, 3.63) is 71.5 Å². The molecule has 6 nitrogen and oxygen atoms in total. The van der Waals surface area contributed by atoms with Gasteiger partial charge in [-0.15, -0.1) is 0 Å².